The van der Waals surface area contributed by atoms with E-state index in [4.69, 9.17) is 4.74 Å². The van der Waals surface area contributed by atoms with E-state index in [0.717, 1.165) is 19.4 Å². The van der Waals surface area contributed by atoms with Crippen LogP contribution in [0.15, 0.2) is 18.2 Å². The van der Waals surface area contributed by atoms with Crippen LogP contribution >= 0.6 is 12.4 Å². The Kier molecular flexibility index (Phi) is 5.05. The minimum atomic E-state index is -0.928. The van der Waals surface area contributed by atoms with Crippen LogP contribution in [0.5, 0.6) is 5.75 Å². The predicted octanol–water partition coefficient (Wildman–Crippen LogP) is 3.05. The molecular formula is C17H25ClFNO2. The summed E-state index contributed by atoms with van der Waals surface area (Å²) in [6.07, 6.45) is 3.23. The van der Waals surface area contributed by atoms with Gasteiger partial charge in [-0.1, -0.05) is 0 Å². The number of fused-ring (bicyclic) bond motifs is 1. The lowest BCUT2D eigenvalue weighted by Crippen LogP contribution is -2.45. The Hall–Kier alpha value is -0.840. The third kappa shape index (κ3) is 2.97. The van der Waals surface area contributed by atoms with Gasteiger partial charge in [-0.3, -0.25) is 0 Å². The molecule has 0 amide bonds. The van der Waals surface area contributed by atoms with Crippen LogP contribution in [0.3, 0.4) is 0 Å². The molecule has 0 aromatic heterocycles. The Balaban J connectivity index is 0.00000176. The summed E-state index contributed by atoms with van der Waals surface area (Å²) in [5, 5.41) is 11.5. The molecule has 1 N–H and O–H groups in total. The van der Waals surface area contributed by atoms with Crippen molar-refractivity contribution in [2.24, 2.45) is 17.8 Å². The van der Waals surface area contributed by atoms with Crippen LogP contribution in [-0.2, 0) is 5.60 Å². The first-order valence-electron chi connectivity index (χ1n) is 7.67. The van der Waals surface area contributed by atoms with Crippen LogP contribution in [0, 0.1) is 23.6 Å². The maximum Gasteiger partial charge on any atom is 0.127 e. The number of rotatable bonds is 4. The number of hydrogen-bond donors (Lipinski definition) is 1. The Labute approximate surface area is 137 Å². The third-order valence-electron chi connectivity index (χ3n) is 5.15. The van der Waals surface area contributed by atoms with Crippen molar-refractivity contribution in [3.8, 4) is 5.75 Å². The Bertz CT molecular complexity index is 539. The topological polar surface area (TPSA) is 32.7 Å². The lowest BCUT2D eigenvalue weighted by Gasteiger charge is -2.42. The van der Waals surface area contributed by atoms with Crippen molar-refractivity contribution >= 4 is 12.4 Å². The highest BCUT2D eigenvalue weighted by atomic mass is 35.5. The molecule has 0 aliphatic heterocycles. The van der Waals surface area contributed by atoms with Gasteiger partial charge in [-0.2, -0.15) is 0 Å². The Morgan fingerprint density at radius 2 is 2.05 bits per heavy atom. The fraction of sp³-hybridized carbons (Fsp3) is 0.647. The van der Waals surface area contributed by atoms with Crippen molar-refractivity contribution in [3.05, 3.63) is 29.6 Å². The first-order chi connectivity index (χ1) is 9.95. The Morgan fingerprint density at radius 3 is 2.68 bits per heavy atom. The van der Waals surface area contributed by atoms with E-state index in [1.54, 1.807) is 6.07 Å². The van der Waals surface area contributed by atoms with Crippen LogP contribution in [0.2, 0.25) is 0 Å². The Morgan fingerprint density at radius 1 is 1.32 bits per heavy atom. The van der Waals surface area contributed by atoms with E-state index in [-0.39, 0.29) is 30.1 Å². The van der Waals surface area contributed by atoms with E-state index in [0.29, 0.717) is 17.2 Å². The van der Waals surface area contributed by atoms with E-state index in [2.05, 4.69) is 4.90 Å². The maximum absolute atomic E-state index is 13.9. The summed E-state index contributed by atoms with van der Waals surface area (Å²) in [6.45, 7) is 0.818. The highest BCUT2D eigenvalue weighted by molar-refractivity contribution is 5.85. The van der Waals surface area contributed by atoms with Crippen molar-refractivity contribution in [1.29, 1.82) is 0 Å². The van der Waals surface area contributed by atoms with Crippen LogP contribution in [-0.4, -0.2) is 37.8 Å². The van der Waals surface area contributed by atoms with E-state index < -0.39 is 5.60 Å². The minimum Gasteiger partial charge on any atom is -0.497 e. The second-order valence-electron chi connectivity index (χ2n) is 6.84. The zero-order chi connectivity index (χ0) is 15.2. The number of nitrogens with zero attached hydrogens (tertiary/aromatic N) is 1. The van der Waals surface area contributed by atoms with Crippen molar-refractivity contribution in [2.75, 3.05) is 27.7 Å². The number of methoxy groups -OCH3 is 1. The number of hydrogen-bond acceptors (Lipinski definition) is 3. The minimum absolute atomic E-state index is 0. The number of halogens is 2. The van der Waals surface area contributed by atoms with Crippen molar-refractivity contribution in [2.45, 2.75) is 24.9 Å². The molecule has 2 aliphatic rings. The molecular weight excluding hydrogens is 305 g/mol. The highest BCUT2D eigenvalue weighted by Gasteiger charge is 2.59. The van der Waals surface area contributed by atoms with Gasteiger partial charge in [0.25, 0.3) is 0 Å². The van der Waals surface area contributed by atoms with Crippen LogP contribution in [0.4, 0.5) is 4.39 Å². The van der Waals surface area contributed by atoms with E-state index >= 15 is 0 Å². The summed E-state index contributed by atoms with van der Waals surface area (Å²) in [7, 11) is 5.57. The fourth-order valence-electron chi connectivity index (χ4n) is 4.08. The van der Waals surface area contributed by atoms with Gasteiger partial charge >= 0.3 is 0 Å². The molecule has 2 saturated carbocycles. The predicted molar refractivity (Wildman–Crippen MR) is 87.0 cm³/mol. The van der Waals surface area contributed by atoms with Gasteiger partial charge in [-0.15, -0.1) is 12.4 Å². The standard InChI is InChI=1S/C17H24FNO2.ClH/c1-19(2)10-12-5-4-11-6-16(11)17(12,20)13-7-14(18)9-15(8-13)21-3;/h7-9,11-12,16,20H,4-6,10H2,1-3H3;1H. The summed E-state index contributed by atoms with van der Waals surface area (Å²) >= 11 is 0. The molecule has 124 valence electrons. The largest absolute Gasteiger partial charge is 0.497 e. The molecule has 4 unspecified atom stereocenters. The molecule has 3 rings (SSSR count). The van der Waals surface area contributed by atoms with Gasteiger partial charge in [0.1, 0.15) is 11.6 Å². The smallest absolute Gasteiger partial charge is 0.127 e. The summed E-state index contributed by atoms with van der Waals surface area (Å²) in [5.41, 5.74) is -0.249. The first kappa shape index (κ1) is 17.5. The SMILES string of the molecule is COc1cc(F)cc(C2(O)C(CN(C)C)CCC3CC32)c1.Cl. The second-order valence-corrected chi connectivity index (χ2v) is 6.84. The van der Waals surface area contributed by atoms with Gasteiger partial charge in [0, 0.05) is 18.5 Å². The van der Waals surface area contributed by atoms with Crippen molar-refractivity contribution in [1.82, 2.24) is 4.90 Å². The average Bonchev–Trinajstić information content (AvgIpc) is 3.21. The number of aliphatic hydroxyl groups is 1. The molecule has 1 aromatic rings. The fourth-order valence-corrected chi connectivity index (χ4v) is 4.08. The van der Waals surface area contributed by atoms with E-state index in [1.165, 1.54) is 25.7 Å². The van der Waals surface area contributed by atoms with Crippen LogP contribution in [0.1, 0.15) is 24.8 Å². The lowest BCUT2D eigenvalue weighted by atomic mass is 9.71. The van der Waals surface area contributed by atoms with Crippen molar-refractivity contribution in [3.63, 3.8) is 0 Å². The van der Waals surface area contributed by atoms with Gasteiger partial charge in [0.05, 0.1) is 12.7 Å². The molecule has 3 nitrogen and oxygen atoms in total. The molecule has 4 atom stereocenters. The van der Waals surface area contributed by atoms with Crippen LogP contribution in [0.25, 0.3) is 0 Å². The monoisotopic (exact) mass is 329 g/mol. The third-order valence-corrected chi connectivity index (χ3v) is 5.15. The molecule has 0 radical (unpaired) electrons. The molecule has 2 aliphatic carbocycles. The molecule has 5 heteroatoms. The van der Waals surface area contributed by atoms with Crippen LogP contribution < -0.4 is 4.74 Å². The first-order valence-corrected chi connectivity index (χ1v) is 7.67. The average molecular weight is 330 g/mol. The summed E-state index contributed by atoms with van der Waals surface area (Å²) in [6, 6.07) is 4.64. The second kappa shape index (κ2) is 6.34. The van der Waals surface area contributed by atoms with Gasteiger partial charge < -0.3 is 14.7 Å². The number of benzene rings is 1. The van der Waals surface area contributed by atoms with E-state index in [1.807, 2.05) is 14.1 Å². The molecule has 1 aromatic carbocycles. The summed E-state index contributed by atoms with van der Waals surface area (Å²) < 4.78 is 19.0. The van der Waals surface area contributed by atoms with Gasteiger partial charge in [0.15, 0.2) is 0 Å². The molecule has 0 heterocycles. The highest BCUT2D eigenvalue weighted by Crippen LogP contribution is 2.61. The van der Waals surface area contributed by atoms with Crippen molar-refractivity contribution < 1.29 is 14.2 Å². The van der Waals surface area contributed by atoms with E-state index in [9.17, 15) is 9.50 Å². The zero-order valence-electron chi connectivity index (χ0n) is 13.4. The van der Waals surface area contributed by atoms with Gasteiger partial charge in [-0.05, 0) is 62.9 Å². The van der Waals surface area contributed by atoms with Gasteiger partial charge in [0.2, 0.25) is 0 Å². The molecule has 0 saturated heterocycles. The molecule has 0 bridgehead atoms. The number of ether oxygens (including phenoxy) is 1. The van der Waals surface area contributed by atoms with Gasteiger partial charge in [-0.25, -0.2) is 4.39 Å². The zero-order valence-corrected chi connectivity index (χ0v) is 14.2. The lowest BCUT2D eigenvalue weighted by molar-refractivity contribution is -0.0753. The maximum atomic E-state index is 13.9. The summed E-state index contributed by atoms with van der Waals surface area (Å²) in [5.74, 6) is 1.14. The summed E-state index contributed by atoms with van der Waals surface area (Å²) in [4.78, 5) is 2.11. The molecule has 2 fully saturated rings. The molecule has 22 heavy (non-hydrogen) atoms. The normalized spacial score (nSPS) is 33.1. The molecule has 0 spiro atoms. The quantitative estimate of drug-likeness (QED) is 0.921.